The van der Waals surface area contributed by atoms with E-state index in [2.05, 4.69) is 10.4 Å². The molecule has 10 heteroatoms. The molecule has 3 aromatic rings. The van der Waals surface area contributed by atoms with Crippen LogP contribution in [0, 0.1) is 0 Å². The zero-order valence-electron chi connectivity index (χ0n) is 14.2. The third kappa shape index (κ3) is 3.71. The first-order valence-electron chi connectivity index (χ1n) is 8.36. The molecule has 0 unspecified atom stereocenters. The predicted octanol–water partition coefficient (Wildman–Crippen LogP) is 3.30. The number of amides is 1. The quantitative estimate of drug-likeness (QED) is 0.513. The Hall–Kier alpha value is -1.62. The molecular weight excluding hydrogens is 408 g/mol. The second-order valence-corrected chi connectivity index (χ2v) is 10.6. The first-order chi connectivity index (χ1) is 12.8. The van der Waals surface area contributed by atoms with Crippen LogP contribution in [0.5, 0.6) is 0 Å². The number of carbonyl (C=O) groups excluding carboxylic acids is 1. The lowest BCUT2D eigenvalue weighted by molar-refractivity contribution is 0.0938. The highest BCUT2D eigenvalue weighted by Crippen LogP contribution is 2.44. The number of hydrogen-bond donors (Lipinski definition) is 4. The third-order valence-electron chi connectivity index (χ3n) is 4.69. The summed E-state index contributed by atoms with van der Waals surface area (Å²) in [7, 11) is -2.68. The number of nitrogens with zero attached hydrogens (tertiary/aromatic N) is 2. The van der Waals surface area contributed by atoms with Gasteiger partial charge in [0.15, 0.2) is 0 Å². The molecule has 4 rings (SSSR count). The average molecular weight is 427 g/mol. The van der Waals surface area contributed by atoms with Crippen LogP contribution in [0.25, 0.3) is 16.6 Å². The number of hydrogen-bond acceptors (Lipinski definition) is 6. The largest absolute Gasteiger partial charge is 0.345 e. The highest BCUT2D eigenvalue weighted by Gasteiger charge is 2.32. The van der Waals surface area contributed by atoms with Crippen LogP contribution >= 0.6 is 33.5 Å². The van der Waals surface area contributed by atoms with E-state index in [1.165, 1.54) is 11.3 Å². The number of nitrogens with one attached hydrogen (secondary N) is 1. The summed E-state index contributed by atoms with van der Waals surface area (Å²) in [6.45, 7) is 0. The average Bonchev–Trinajstić information content (AvgIpc) is 3.21. The maximum atomic E-state index is 12.7. The first kappa shape index (κ1) is 18.7. The van der Waals surface area contributed by atoms with Gasteiger partial charge in [0.2, 0.25) is 0 Å². The molecule has 1 saturated heterocycles. The summed E-state index contributed by atoms with van der Waals surface area (Å²) in [4.78, 5) is 13.1. The van der Waals surface area contributed by atoms with Crippen LogP contribution in [0.3, 0.4) is 0 Å². The minimum Gasteiger partial charge on any atom is -0.345 e. The highest BCUT2D eigenvalue weighted by molar-refractivity contribution is 8.24. The van der Waals surface area contributed by atoms with Gasteiger partial charge in [0, 0.05) is 29.1 Å². The van der Waals surface area contributed by atoms with Crippen LogP contribution in [0.2, 0.25) is 4.34 Å². The highest BCUT2D eigenvalue weighted by atomic mass is 35.5. The van der Waals surface area contributed by atoms with Gasteiger partial charge in [-0.1, -0.05) is 17.7 Å². The molecule has 5 N–H and O–H groups in total. The topological polar surface area (TPSA) is 113 Å². The molecule has 1 aliphatic rings. The number of nitrogens with two attached hydrogens (primary N) is 1. The molecule has 1 aliphatic heterocycles. The molecule has 4 heterocycles. The number of halogens is 1. The van der Waals surface area contributed by atoms with Crippen molar-refractivity contribution in [2.45, 2.75) is 18.5 Å². The van der Waals surface area contributed by atoms with Crippen molar-refractivity contribution in [3.8, 4) is 11.1 Å². The zero-order chi connectivity index (χ0) is 19.2. The normalized spacial score (nSPS) is 23.3. The fourth-order valence-corrected chi connectivity index (χ4v) is 6.14. The molecule has 0 aromatic carbocycles. The number of rotatable bonds is 3. The van der Waals surface area contributed by atoms with Gasteiger partial charge < -0.3 is 11.1 Å². The number of aromatic nitrogens is 2. The first-order valence-corrected chi connectivity index (χ1v) is 11.4. The molecule has 27 heavy (non-hydrogen) atoms. The van der Waals surface area contributed by atoms with Crippen LogP contribution in [-0.2, 0) is 0 Å². The summed E-state index contributed by atoms with van der Waals surface area (Å²) in [5, 5.41) is 7.13. The lowest BCUT2D eigenvalue weighted by Gasteiger charge is -2.43. The molecule has 0 bridgehead atoms. The van der Waals surface area contributed by atoms with Crippen molar-refractivity contribution in [3.63, 3.8) is 0 Å². The Balaban J connectivity index is 1.58. The Morgan fingerprint density at radius 3 is 3.04 bits per heavy atom. The Morgan fingerprint density at radius 1 is 1.41 bits per heavy atom. The van der Waals surface area contributed by atoms with Gasteiger partial charge in [-0.2, -0.15) is 15.7 Å². The van der Waals surface area contributed by atoms with Gasteiger partial charge in [-0.05, 0) is 24.6 Å². The minimum absolute atomic E-state index is 0.0833. The van der Waals surface area contributed by atoms with Crippen molar-refractivity contribution in [2.24, 2.45) is 5.73 Å². The second kappa shape index (κ2) is 7.08. The maximum absolute atomic E-state index is 12.7. The van der Waals surface area contributed by atoms with E-state index in [9.17, 15) is 13.9 Å². The Morgan fingerprint density at radius 2 is 2.22 bits per heavy atom. The van der Waals surface area contributed by atoms with E-state index in [0.29, 0.717) is 15.6 Å². The lowest BCUT2D eigenvalue weighted by Crippen LogP contribution is -2.53. The van der Waals surface area contributed by atoms with Crippen LogP contribution in [0.15, 0.2) is 36.7 Å². The molecule has 1 amide bonds. The molecule has 0 saturated carbocycles. The Bertz CT molecular complexity index is 1000. The van der Waals surface area contributed by atoms with E-state index in [1.807, 2.05) is 24.4 Å². The van der Waals surface area contributed by atoms with Crippen LogP contribution in [0.1, 0.15) is 16.1 Å². The molecular formula is C17H19ClN4O3S2. The zero-order valence-corrected chi connectivity index (χ0v) is 16.6. The third-order valence-corrected chi connectivity index (χ3v) is 7.82. The smallest absolute Gasteiger partial charge is 0.261 e. The number of carbonyl (C=O) groups is 1. The van der Waals surface area contributed by atoms with E-state index < -0.39 is 16.6 Å². The van der Waals surface area contributed by atoms with Gasteiger partial charge in [-0.15, -0.1) is 11.3 Å². The van der Waals surface area contributed by atoms with E-state index in [0.717, 1.165) is 16.6 Å². The van der Waals surface area contributed by atoms with Crippen molar-refractivity contribution in [3.05, 3.63) is 45.9 Å². The Labute approximate surface area is 166 Å². The van der Waals surface area contributed by atoms with Crippen molar-refractivity contribution in [2.75, 3.05) is 11.5 Å². The summed E-state index contributed by atoms with van der Waals surface area (Å²) in [5.74, 6) is 0.0478. The van der Waals surface area contributed by atoms with Gasteiger partial charge in [0.1, 0.15) is 4.34 Å². The van der Waals surface area contributed by atoms with E-state index in [-0.39, 0.29) is 23.5 Å². The molecule has 0 aliphatic carbocycles. The molecule has 2 atom stereocenters. The molecule has 1 fully saturated rings. The maximum Gasteiger partial charge on any atom is 0.261 e. The van der Waals surface area contributed by atoms with Crippen molar-refractivity contribution in [1.82, 2.24) is 14.9 Å². The lowest BCUT2D eigenvalue weighted by atomic mass is 10.1. The molecule has 144 valence electrons. The van der Waals surface area contributed by atoms with Crippen LogP contribution < -0.4 is 11.1 Å². The van der Waals surface area contributed by atoms with E-state index in [1.54, 1.807) is 16.8 Å². The van der Waals surface area contributed by atoms with Gasteiger partial charge in [0.25, 0.3) is 5.91 Å². The van der Waals surface area contributed by atoms with Crippen molar-refractivity contribution in [1.29, 1.82) is 0 Å². The summed E-state index contributed by atoms with van der Waals surface area (Å²) in [6, 6.07) is 6.69. The fraction of sp³-hybridized carbons (Fsp3) is 0.294. The summed E-state index contributed by atoms with van der Waals surface area (Å²) in [5.41, 5.74) is 8.53. The summed E-state index contributed by atoms with van der Waals surface area (Å²) in [6.07, 6.45) is 4.03. The standard InChI is InChI=1S/C17H19ClN4O3S2/c18-16-10(11-8-20-22-5-2-1-3-14(11)22)7-15(26-16)17(23)21-13-9-27(24,25)6-4-12(13)19/h1-3,5,7-8,12-13,24-25H,4,6,9,19H2,(H,21,23)/t12-,13+/m0/s1. The second-order valence-electron chi connectivity index (χ2n) is 6.59. The van der Waals surface area contributed by atoms with Gasteiger partial charge in [-0.25, -0.2) is 4.52 Å². The monoisotopic (exact) mass is 426 g/mol. The van der Waals surface area contributed by atoms with Crippen molar-refractivity contribution >= 4 is 45.0 Å². The predicted molar refractivity (Wildman–Crippen MR) is 110 cm³/mol. The molecule has 0 radical (unpaired) electrons. The fourth-order valence-electron chi connectivity index (χ4n) is 3.22. The number of thiophene rings is 1. The molecule has 3 aromatic heterocycles. The SMILES string of the molecule is N[C@H]1CCS(O)(O)C[C@H]1NC(=O)c1cc(-c2cnn3ccccc23)c(Cl)s1. The van der Waals surface area contributed by atoms with Crippen LogP contribution in [0.4, 0.5) is 0 Å². The van der Waals surface area contributed by atoms with E-state index in [4.69, 9.17) is 17.3 Å². The summed E-state index contributed by atoms with van der Waals surface area (Å²) < 4.78 is 22.1. The number of fused-ring (bicyclic) bond motifs is 1. The van der Waals surface area contributed by atoms with Gasteiger partial charge in [-0.3, -0.25) is 13.9 Å². The van der Waals surface area contributed by atoms with E-state index >= 15 is 0 Å². The van der Waals surface area contributed by atoms with Crippen LogP contribution in [-0.4, -0.2) is 48.2 Å². The number of pyridine rings is 1. The van der Waals surface area contributed by atoms with Gasteiger partial charge in [0.05, 0.1) is 28.4 Å². The minimum atomic E-state index is -2.68. The van der Waals surface area contributed by atoms with Crippen molar-refractivity contribution < 1.29 is 13.9 Å². The molecule has 0 spiro atoms. The molecule has 7 nitrogen and oxygen atoms in total. The Kier molecular flexibility index (Phi) is 4.91. The summed E-state index contributed by atoms with van der Waals surface area (Å²) >= 11 is 7.57. The van der Waals surface area contributed by atoms with Gasteiger partial charge >= 0.3 is 0 Å².